The summed E-state index contributed by atoms with van der Waals surface area (Å²) in [6.07, 6.45) is 13.1. The van der Waals surface area contributed by atoms with E-state index in [-0.39, 0.29) is 10.5 Å². The van der Waals surface area contributed by atoms with Crippen LogP contribution in [0.3, 0.4) is 0 Å². The summed E-state index contributed by atoms with van der Waals surface area (Å²) in [5.41, 5.74) is 3.26. The van der Waals surface area contributed by atoms with Gasteiger partial charge in [0.1, 0.15) is 0 Å². The van der Waals surface area contributed by atoms with Gasteiger partial charge in [0.15, 0.2) is 14.1 Å². The van der Waals surface area contributed by atoms with Crippen molar-refractivity contribution in [1.29, 1.82) is 0 Å². The van der Waals surface area contributed by atoms with E-state index in [1.807, 2.05) is 0 Å². The first-order valence-corrected chi connectivity index (χ1v) is 15.3. The number of rotatable bonds is 2. The fraction of sp³-hybridized carbons (Fsp3) is 0.815. The lowest BCUT2D eigenvalue weighted by atomic mass is 9.48. The molecule has 3 heteroatoms. The Morgan fingerprint density at radius 3 is 2.37 bits per heavy atom. The van der Waals surface area contributed by atoms with Gasteiger partial charge in [0.2, 0.25) is 0 Å². The third-order valence-corrected chi connectivity index (χ3v) is 14.9. The van der Waals surface area contributed by atoms with Crippen LogP contribution in [-0.2, 0) is 9.22 Å². The Kier molecular flexibility index (Phi) is 5.38. The van der Waals surface area contributed by atoms with E-state index in [0.717, 1.165) is 24.3 Å². The molecule has 0 amide bonds. The van der Waals surface area contributed by atoms with Crippen molar-refractivity contribution in [2.24, 2.45) is 28.6 Å². The molecule has 0 heterocycles. The van der Waals surface area contributed by atoms with Crippen LogP contribution in [0.1, 0.15) is 86.5 Å². The second-order valence-corrected chi connectivity index (χ2v) is 17.5. The van der Waals surface area contributed by atoms with E-state index in [1.54, 1.807) is 5.57 Å². The quantitative estimate of drug-likeness (QED) is 0.259. The van der Waals surface area contributed by atoms with Gasteiger partial charge in [0.25, 0.3) is 0 Å². The van der Waals surface area contributed by atoms with E-state index in [9.17, 15) is 4.79 Å². The zero-order valence-electron chi connectivity index (χ0n) is 20.7. The summed E-state index contributed by atoms with van der Waals surface area (Å²) >= 11 is 0. The highest BCUT2D eigenvalue weighted by Gasteiger charge is 2.59. The van der Waals surface area contributed by atoms with Crippen molar-refractivity contribution < 1.29 is 9.22 Å². The molecule has 0 aromatic rings. The third-order valence-electron chi connectivity index (χ3n) is 10.3. The van der Waals surface area contributed by atoms with Crippen molar-refractivity contribution in [3.63, 3.8) is 0 Å². The predicted octanol–water partition coefficient (Wildman–Crippen LogP) is 7.46. The Morgan fingerprint density at radius 1 is 1.07 bits per heavy atom. The summed E-state index contributed by atoms with van der Waals surface area (Å²) < 4.78 is 6.85. The van der Waals surface area contributed by atoms with Crippen molar-refractivity contribution in [2.75, 3.05) is 0 Å². The standard InChI is InChI=1S/C27H44O2Si/c1-9-21-24(28)17-23-20-11-10-18-16-19(29-30(7,8)25(2,3)4)12-14-26(18,5)22(20)13-15-27(21,23)6/h9-10,19-20,22-23H,11-17H2,1-8H3/b21-9+/t19-,20+,22-,23-,26-,27+/m0/s1. The molecule has 0 radical (unpaired) electrons. The molecular weight excluding hydrogens is 384 g/mol. The van der Waals surface area contributed by atoms with Crippen molar-refractivity contribution >= 4 is 14.1 Å². The Balaban J connectivity index is 1.56. The van der Waals surface area contributed by atoms with E-state index in [4.69, 9.17) is 4.43 Å². The highest BCUT2D eigenvalue weighted by atomic mass is 28.4. The van der Waals surface area contributed by atoms with Gasteiger partial charge in [-0.3, -0.25) is 4.79 Å². The predicted molar refractivity (Wildman–Crippen MR) is 128 cm³/mol. The van der Waals surface area contributed by atoms with E-state index in [2.05, 4.69) is 66.8 Å². The smallest absolute Gasteiger partial charge is 0.192 e. The average Bonchev–Trinajstić information content (AvgIpc) is 2.90. The molecule has 6 atom stereocenters. The summed E-state index contributed by atoms with van der Waals surface area (Å²) in [5.74, 6) is 2.40. The summed E-state index contributed by atoms with van der Waals surface area (Å²) in [7, 11) is -1.73. The molecule has 0 N–H and O–H groups in total. The van der Waals surface area contributed by atoms with Crippen LogP contribution in [0.2, 0.25) is 18.1 Å². The Bertz CT molecular complexity index is 785. The van der Waals surface area contributed by atoms with Crippen molar-refractivity contribution in [2.45, 2.75) is 111 Å². The van der Waals surface area contributed by atoms with Crippen molar-refractivity contribution in [3.8, 4) is 0 Å². The molecule has 0 aliphatic heterocycles. The number of carbonyl (C=O) groups is 1. The second-order valence-electron chi connectivity index (χ2n) is 12.8. The molecule has 168 valence electrons. The average molecular weight is 429 g/mol. The molecule has 4 rings (SSSR count). The summed E-state index contributed by atoms with van der Waals surface area (Å²) in [4.78, 5) is 12.8. The zero-order valence-corrected chi connectivity index (χ0v) is 21.7. The van der Waals surface area contributed by atoms with Gasteiger partial charge in [-0.1, -0.05) is 52.3 Å². The third kappa shape index (κ3) is 3.25. The van der Waals surface area contributed by atoms with E-state index in [0.29, 0.717) is 29.1 Å². The Morgan fingerprint density at radius 2 is 1.73 bits per heavy atom. The highest BCUT2D eigenvalue weighted by Crippen LogP contribution is 2.65. The normalized spacial score (nSPS) is 43.1. The van der Waals surface area contributed by atoms with Crippen LogP contribution in [0.15, 0.2) is 23.3 Å². The lowest BCUT2D eigenvalue weighted by Gasteiger charge is -2.57. The lowest BCUT2D eigenvalue weighted by molar-refractivity contribution is -0.115. The Hall–Kier alpha value is -0.673. The summed E-state index contributed by atoms with van der Waals surface area (Å²) in [6.45, 7) is 18.8. The number of fused-ring (bicyclic) bond motifs is 5. The molecule has 0 bridgehead atoms. The zero-order chi connectivity index (χ0) is 22.1. The maximum absolute atomic E-state index is 12.8. The molecule has 2 nitrogen and oxygen atoms in total. The van der Waals surface area contributed by atoms with E-state index >= 15 is 0 Å². The van der Waals surface area contributed by atoms with Crippen LogP contribution in [-0.4, -0.2) is 20.2 Å². The van der Waals surface area contributed by atoms with Crippen molar-refractivity contribution in [1.82, 2.24) is 0 Å². The van der Waals surface area contributed by atoms with Gasteiger partial charge in [-0.2, -0.15) is 0 Å². The minimum atomic E-state index is -1.73. The van der Waals surface area contributed by atoms with Gasteiger partial charge in [0.05, 0.1) is 0 Å². The molecule has 3 fully saturated rings. The van der Waals surface area contributed by atoms with E-state index in [1.165, 1.54) is 32.1 Å². The van der Waals surface area contributed by atoms with Gasteiger partial charge in [0, 0.05) is 12.5 Å². The number of hydrogen-bond donors (Lipinski definition) is 0. The van der Waals surface area contributed by atoms with Crippen LogP contribution < -0.4 is 0 Å². The molecule has 0 spiro atoms. The molecule has 0 unspecified atom stereocenters. The number of Topliss-reactive ketones (excluding diaryl/α,β-unsaturated/α-hetero) is 1. The maximum atomic E-state index is 12.8. The number of carbonyl (C=O) groups excluding carboxylic acids is 1. The lowest BCUT2D eigenvalue weighted by Crippen LogP contribution is -2.51. The molecule has 30 heavy (non-hydrogen) atoms. The fourth-order valence-corrected chi connectivity index (χ4v) is 8.86. The van der Waals surface area contributed by atoms with Crippen LogP contribution in [0, 0.1) is 28.6 Å². The Labute approximate surface area is 186 Å². The highest BCUT2D eigenvalue weighted by molar-refractivity contribution is 6.74. The van der Waals surface area contributed by atoms with Crippen LogP contribution in [0.4, 0.5) is 0 Å². The van der Waals surface area contributed by atoms with Gasteiger partial charge in [-0.15, -0.1) is 0 Å². The van der Waals surface area contributed by atoms with Crippen molar-refractivity contribution in [3.05, 3.63) is 23.3 Å². The van der Waals surface area contributed by atoms with Gasteiger partial charge < -0.3 is 4.43 Å². The van der Waals surface area contributed by atoms with E-state index < -0.39 is 8.32 Å². The number of hydrogen-bond acceptors (Lipinski definition) is 2. The van der Waals surface area contributed by atoms with Crippen LogP contribution >= 0.6 is 0 Å². The maximum Gasteiger partial charge on any atom is 0.192 e. The van der Waals surface area contributed by atoms with Gasteiger partial charge in [-0.25, -0.2) is 0 Å². The van der Waals surface area contributed by atoms with Crippen LogP contribution in [0.5, 0.6) is 0 Å². The molecule has 4 aliphatic rings. The molecule has 0 aromatic heterocycles. The summed E-state index contributed by atoms with van der Waals surface area (Å²) in [6, 6.07) is 0. The minimum absolute atomic E-state index is 0.122. The molecule has 3 saturated carbocycles. The van der Waals surface area contributed by atoms with Gasteiger partial charge in [-0.05, 0) is 97.7 Å². The monoisotopic (exact) mass is 428 g/mol. The topological polar surface area (TPSA) is 26.3 Å². The first kappa shape index (κ1) is 22.5. The molecule has 0 aromatic carbocycles. The van der Waals surface area contributed by atoms with Gasteiger partial charge >= 0.3 is 0 Å². The number of allylic oxidation sites excluding steroid dienone is 3. The molecule has 4 aliphatic carbocycles. The first-order chi connectivity index (χ1) is 13.8. The number of ketones is 1. The SMILES string of the molecule is C/C=C1\C(=O)C[C@H]2[C@@H]3CC=C4C[C@@H](O[Si](C)(C)C(C)(C)C)CC[C@]4(C)[C@H]3CC[C@]12C. The molecule has 0 saturated heterocycles. The first-order valence-electron chi connectivity index (χ1n) is 12.4. The fourth-order valence-electron chi connectivity index (χ4n) is 7.47. The second kappa shape index (κ2) is 7.17. The summed E-state index contributed by atoms with van der Waals surface area (Å²) in [5, 5.41) is 0.271. The molecular formula is C27H44O2Si. The van der Waals surface area contributed by atoms with Crippen LogP contribution in [0.25, 0.3) is 0 Å². The largest absolute Gasteiger partial charge is 0.414 e. The minimum Gasteiger partial charge on any atom is -0.414 e.